The largest absolute Gasteiger partial charge is 0.440 e. The lowest BCUT2D eigenvalue weighted by Crippen LogP contribution is -2.45. The molecule has 3 rings (SSSR count). The summed E-state index contributed by atoms with van der Waals surface area (Å²) in [5, 5.41) is 0.630. The van der Waals surface area contributed by atoms with Crippen LogP contribution in [0, 0.1) is 5.92 Å². The third-order valence-corrected chi connectivity index (χ3v) is 7.78. The van der Waals surface area contributed by atoms with Crippen molar-refractivity contribution in [2.45, 2.75) is 65.2 Å². The van der Waals surface area contributed by atoms with Gasteiger partial charge in [-0.2, -0.15) is 4.57 Å². The number of pyridine rings is 1. The van der Waals surface area contributed by atoms with Gasteiger partial charge in [-0.05, 0) is 17.6 Å². The molecule has 172 valence electrons. The zero-order valence-corrected chi connectivity index (χ0v) is 21.5. The molecule has 0 unspecified atom stereocenters. The van der Waals surface area contributed by atoms with E-state index < -0.39 is 8.07 Å². The molecule has 10 heteroatoms. The van der Waals surface area contributed by atoms with Crippen molar-refractivity contribution in [3.8, 4) is 6.01 Å². The number of fused-ring (bicyclic) bond motifs is 1. The molecular formula is C21H33Cl2N4O3Si+. The van der Waals surface area contributed by atoms with Crippen molar-refractivity contribution < 1.29 is 18.8 Å². The highest BCUT2D eigenvalue weighted by atomic mass is 35.5. The number of nitrogens with one attached hydrogen (secondary N) is 1. The third-order valence-electron chi connectivity index (χ3n) is 5.40. The van der Waals surface area contributed by atoms with Crippen LogP contribution >= 0.6 is 23.2 Å². The lowest BCUT2D eigenvalue weighted by molar-refractivity contribution is -0.715. The summed E-state index contributed by atoms with van der Waals surface area (Å²) < 4.78 is 14.1. The molecule has 2 aromatic rings. The fraction of sp³-hybridized carbons (Fsp3) is 0.667. The molecule has 0 spiro atoms. The molecule has 1 N–H and O–H groups in total. The van der Waals surface area contributed by atoms with Gasteiger partial charge < -0.3 is 14.4 Å². The number of aromatic nitrogens is 3. The highest BCUT2D eigenvalue weighted by Gasteiger charge is 2.29. The summed E-state index contributed by atoms with van der Waals surface area (Å²) in [5.74, 6) is 0.214. The number of ether oxygens (including phenoxy) is 2. The number of hydrogen-bond acceptors (Lipinski definition) is 4. The summed E-state index contributed by atoms with van der Waals surface area (Å²) >= 11 is 12.3. The maximum Gasteiger partial charge on any atom is 0.399 e. The van der Waals surface area contributed by atoms with Gasteiger partial charge in [-0.1, -0.05) is 50.1 Å². The van der Waals surface area contributed by atoms with Crippen molar-refractivity contribution in [2.75, 3.05) is 19.7 Å². The Kier molecular flexibility index (Phi) is 7.89. The first kappa shape index (κ1) is 24.3. The van der Waals surface area contributed by atoms with Crippen LogP contribution in [-0.4, -0.2) is 54.6 Å². The Morgan fingerprint density at radius 1 is 1.32 bits per heavy atom. The highest BCUT2D eigenvalue weighted by Crippen LogP contribution is 2.25. The van der Waals surface area contributed by atoms with Gasteiger partial charge in [-0.3, -0.25) is 4.79 Å². The van der Waals surface area contributed by atoms with Gasteiger partial charge in [0.25, 0.3) is 0 Å². The van der Waals surface area contributed by atoms with Gasteiger partial charge >= 0.3 is 11.7 Å². The van der Waals surface area contributed by atoms with Crippen molar-refractivity contribution in [3.05, 3.63) is 16.2 Å². The van der Waals surface area contributed by atoms with Gasteiger partial charge in [0.15, 0.2) is 12.2 Å². The molecule has 0 saturated carbocycles. The first-order chi connectivity index (χ1) is 14.5. The summed E-state index contributed by atoms with van der Waals surface area (Å²) in [7, 11) is -1.18. The molecular weight excluding hydrogens is 455 g/mol. The number of amides is 1. The summed E-state index contributed by atoms with van der Waals surface area (Å²) in [4.78, 5) is 21.9. The highest BCUT2D eigenvalue weighted by molar-refractivity contribution is 6.76. The lowest BCUT2D eigenvalue weighted by Gasteiger charge is -2.32. The zero-order chi connectivity index (χ0) is 22.8. The first-order valence-electron chi connectivity index (χ1n) is 10.9. The van der Waals surface area contributed by atoms with Crippen molar-refractivity contribution in [3.63, 3.8) is 0 Å². The monoisotopic (exact) mass is 487 g/mol. The number of imidazole rings is 1. The predicted octanol–water partition coefficient (Wildman–Crippen LogP) is 4.50. The fourth-order valence-electron chi connectivity index (χ4n) is 3.50. The Bertz CT molecular complexity index is 921. The van der Waals surface area contributed by atoms with E-state index in [2.05, 4.69) is 29.6 Å². The molecule has 0 bridgehead atoms. The van der Waals surface area contributed by atoms with Crippen LogP contribution < -0.4 is 9.30 Å². The van der Waals surface area contributed by atoms with E-state index in [4.69, 9.17) is 32.7 Å². The van der Waals surface area contributed by atoms with Crippen molar-refractivity contribution in [2.24, 2.45) is 5.92 Å². The Hall–Kier alpha value is -1.35. The number of carbonyl (C=O) groups excluding carboxylic acids is 1. The minimum Gasteiger partial charge on any atom is -0.440 e. The van der Waals surface area contributed by atoms with E-state index in [0.29, 0.717) is 43.1 Å². The number of H-pyrrole nitrogens is 1. The SMILES string of the molecule is CC(C)C(=O)N1CCC(Oc2[nH]c3cc(Cl)c(Cl)nc3[n+]2COCC[Si](C)(C)C)CC1. The molecule has 0 atom stereocenters. The Labute approximate surface area is 195 Å². The first-order valence-corrected chi connectivity index (χ1v) is 15.3. The molecule has 1 saturated heterocycles. The summed E-state index contributed by atoms with van der Waals surface area (Å²) in [5.41, 5.74) is 1.38. The van der Waals surface area contributed by atoms with Gasteiger partial charge in [0.2, 0.25) is 11.1 Å². The van der Waals surface area contributed by atoms with Crippen LogP contribution in [-0.2, 0) is 16.3 Å². The van der Waals surface area contributed by atoms with Crippen LogP contribution in [0.15, 0.2) is 6.07 Å². The van der Waals surface area contributed by atoms with Crippen LogP contribution in [0.3, 0.4) is 0 Å². The van der Waals surface area contributed by atoms with Crippen LogP contribution in [0.1, 0.15) is 26.7 Å². The van der Waals surface area contributed by atoms with Crippen molar-refractivity contribution >= 4 is 48.3 Å². The van der Waals surface area contributed by atoms with E-state index in [-0.39, 0.29) is 23.1 Å². The molecule has 1 aliphatic rings. The molecule has 1 aliphatic heterocycles. The Morgan fingerprint density at radius 2 is 2.00 bits per heavy atom. The molecule has 2 aromatic heterocycles. The van der Waals surface area contributed by atoms with Gasteiger partial charge in [0.05, 0.1) is 5.02 Å². The molecule has 7 nitrogen and oxygen atoms in total. The molecule has 0 aliphatic carbocycles. The maximum atomic E-state index is 12.2. The van der Waals surface area contributed by atoms with E-state index in [1.807, 2.05) is 23.3 Å². The average Bonchev–Trinajstić information content (AvgIpc) is 3.00. The zero-order valence-electron chi connectivity index (χ0n) is 19.0. The van der Waals surface area contributed by atoms with Crippen molar-refractivity contribution in [1.82, 2.24) is 14.9 Å². The number of halogens is 2. The molecule has 1 fully saturated rings. The van der Waals surface area contributed by atoms with Gasteiger partial charge in [0.1, 0.15) is 6.10 Å². The van der Waals surface area contributed by atoms with E-state index in [1.165, 1.54) is 0 Å². The Balaban J connectivity index is 1.74. The summed E-state index contributed by atoms with van der Waals surface area (Å²) in [6.45, 7) is 13.2. The van der Waals surface area contributed by atoms with E-state index in [0.717, 1.165) is 24.4 Å². The minimum absolute atomic E-state index is 0.00320. The van der Waals surface area contributed by atoms with Gasteiger partial charge in [0, 0.05) is 52.6 Å². The van der Waals surface area contributed by atoms with Crippen LogP contribution in [0.2, 0.25) is 35.9 Å². The minimum atomic E-state index is -1.18. The predicted molar refractivity (Wildman–Crippen MR) is 125 cm³/mol. The maximum absolute atomic E-state index is 12.2. The van der Waals surface area contributed by atoms with E-state index in [9.17, 15) is 4.79 Å². The quantitative estimate of drug-likeness (QED) is 0.257. The van der Waals surface area contributed by atoms with E-state index >= 15 is 0 Å². The lowest BCUT2D eigenvalue weighted by atomic mass is 10.1. The molecule has 3 heterocycles. The summed E-state index contributed by atoms with van der Waals surface area (Å²) in [6, 6.07) is 3.40. The number of piperidine rings is 1. The average molecular weight is 489 g/mol. The number of rotatable bonds is 8. The smallest absolute Gasteiger partial charge is 0.399 e. The third kappa shape index (κ3) is 6.34. The number of hydrogen-bond donors (Lipinski definition) is 1. The molecule has 1 amide bonds. The summed E-state index contributed by atoms with van der Waals surface area (Å²) in [6.07, 6.45) is 1.56. The standard InChI is InChI=1S/C21H32Cl2N4O3Si/c1-14(2)20(28)26-8-6-15(7-9-26)30-21-24-17-12-16(22)18(23)25-19(17)27(21)13-29-10-11-31(3,4)5/h12,14-15H,6-11,13H2,1-5H3/p+1. The van der Waals surface area contributed by atoms with E-state index in [1.54, 1.807) is 6.07 Å². The normalized spacial score (nSPS) is 15.8. The second kappa shape index (κ2) is 10.1. The topological polar surface area (TPSA) is 71.3 Å². The van der Waals surface area contributed by atoms with Crippen molar-refractivity contribution in [1.29, 1.82) is 0 Å². The Morgan fingerprint density at radius 3 is 2.61 bits per heavy atom. The van der Waals surface area contributed by atoms with Crippen LogP contribution in [0.4, 0.5) is 0 Å². The van der Waals surface area contributed by atoms with Gasteiger partial charge in [-0.25, -0.2) is 4.98 Å². The second-order valence-electron chi connectivity index (χ2n) is 9.64. The number of carbonyl (C=O) groups is 1. The van der Waals surface area contributed by atoms with Crippen LogP contribution in [0.5, 0.6) is 6.01 Å². The molecule has 0 aromatic carbocycles. The second-order valence-corrected chi connectivity index (χ2v) is 16.0. The molecule has 0 radical (unpaired) electrons. The number of nitrogens with zero attached hydrogens (tertiary/aromatic N) is 3. The van der Waals surface area contributed by atoms with Crippen LogP contribution in [0.25, 0.3) is 11.2 Å². The fourth-order valence-corrected chi connectivity index (χ4v) is 4.54. The van der Waals surface area contributed by atoms with Gasteiger partial charge in [-0.15, -0.1) is 0 Å². The molecule has 31 heavy (non-hydrogen) atoms. The number of likely N-dealkylation sites (tertiary alicyclic amines) is 1. The number of aromatic amines is 1.